The van der Waals surface area contributed by atoms with Crippen LogP contribution < -0.4 is 58.9 Å². The molecule has 0 aliphatic carbocycles. The Bertz CT molecular complexity index is 4010. The van der Waals surface area contributed by atoms with Crippen molar-refractivity contribution < 1.29 is 87.9 Å². The molecule has 0 saturated carbocycles. The van der Waals surface area contributed by atoms with Gasteiger partial charge >= 0.3 is 11.9 Å². The van der Waals surface area contributed by atoms with Crippen LogP contribution in [0.25, 0.3) is 22.3 Å². The topological polar surface area (TPSA) is 498 Å². The molecule has 0 radical (unpaired) electrons. The van der Waals surface area contributed by atoms with Crippen LogP contribution in [0.1, 0.15) is 87.4 Å². The molecule has 0 bridgehead atoms. The minimum atomic E-state index is -2.17. The summed E-state index contributed by atoms with van der Waals surface area (Å²) in [5, 5.41) is 75.4. The highest BCUT2D eigenvalue weighted by molar-refractivity contribution is 6.01. The lowest BCUT2D eigenvalue weighted by Crippen LogP contribution is -2.67. The number of aromatic amines is 1. The Balaban J connectivity index is 1.15. The van der Waals surface area contributed by atoms with Crippen LogP contribution in [-0.4, -0.2) is 192 Å². The Labute approximate surface area is 599 Å². The number of benzene rings is 5. The maximum Gasteiger partial charge on any atom is 0.305 e. The molecular formula is C73H89N13O18. The first-order valence-electron chi connectivity index (χ1n) is 33.4. The number of hydrogen-bond acceptors (Lipinski definition) is 17. The fourth-order valence-corrected chi connectivity index (χ4v) is 11.1. The molecule has 0 aliphatic rings. The van der Waals surface area contributed by atoms with Gasteiger partial charge in [0.15, 0.2) is 0 Å². The second-order valence-electron chi connectivity index (χ2n) is 25.3. The number of imidazole rings is 1. The Morgan fingerprint density at radius 2 is 1.03 bits per heavy atom. The fraction of sp³-hybridized carbons (Fsp3) is 0.370. The quantitative estimate of drug-likeness (QED) is 0.0228. The zero-order chi connectivity index (χ0) is 76.4. The van der Waals surface area contributed by atoms with E-state index in [2.05, 4.69) is 63.1 Å². The number of H-pyrrole nitrogens is 1. The number of nitrogens with two attached hydrogens (primary N) is 1. The summed E-state index contributed by atoms with van der Waals surface area (Å²) in [7, 11) is 0. The maximum absolute atomic E-state index is 14.6. The molecule has 31 nitrogen and oxygen atoms in total. The van der Waals surface area contributed by atoms with Crippen molar-refractivity contribution in [1.82, 2.24) is 63.1 Å². The summed E-state index contributed by atoms with van der Waals surface area (Å²) < 4.78 is 0. The monoisotopic (exact) mass is 1440 g/mol. The average Bonchev–Trinajstić information content (AvgIpc) is 0.831. The van der Waals surface area contributed by atoms with Crippen molar-refractivity contribution in [2.75, 3.05) is 13.2 Å². The molecule has 0 spiro atoms. The van der Waals surface area contributed by atoms with Gasteiger partial charge < -0.3 is 89.4 Å². The molecule has 5 aromatic carbocycles. The van der Waals surface area contributed by atoms with Crippen LogP contribution in [0.2, 0.25) is 0 Å². The largest absolute Gasteiger partial charge is 0.481 e. The van der Waals surface area contributed by atoms with Crippen molar-refractivity contribution in [3.63, 3.8) is 0 Å². The summed E-state index contributed by atoms with van der Waals surface area (Å²) in [6.07, 6.45) is -2.52. The molecule has 31 heteroatoms. The summed E-state index contributed by atoms with van der Waals surface area (Å²) in [4.78, 5) is 182. The Morgan fingerprint density at radius 1 is 0.529 bits per heavy atom. The van der Waals surface area contributed by atoms with Crippen LogP contribution in [0.4, 0.5) is 0 Å². The van der Waals surface area contributed by atoms with E-state index in [9.17, 15) is 87.9 Å². The number of amides is 11. The van der Waals surface area contributed by atoms with Gasteiger partial charge in [0, 0.05) is 37.6 Å². The van der Waals surface area contributed by atoms with Gasteiger partial charge in [0.25, 0.3) is 0 Å². The van der Waals surface area contributed by atoms with Crippen LogP contribution >= 0.6 is 0 Å². The molecule has 554 valence electrons. The van der Waals surface area contributed by atoms with E-state index in [1.807, 2.05) is 86.6 Å². The summed E-state index contributed by atoms with van der Waals surface area (Å²) >= 11 is 0. The lowest BCUT2D eigenvalue weighted by atomic mass is 9.90. The third-order valence-electron chi connectivity index (χ3n) is 16.9. The van der Waals surface area contributed by atoms with E-state index < -0.39 is 169 Å². The Kier molecular flexibility index (Phi) is 30.4. The van der Waals surface area contributed by atoms with Crippen molar-refractivity contribution in [3.8, 4) is 22.3 Å². The van der Waals surface area contributed by atoms with Gasteiger partial charge in [-0.25, -0.2) is 4.98 Å². The number of aliphatic carboxylic acids is 2. The molecule has 1 heterocycles. The fourth-order valence-electron chi connectivity index (χ4n) is 11.1. The minimum absolute atomic E-state index is 0.0489. The van der Waals surface area contributed by atoms with Gasteiger partial charge in [0.1, 0.15) is 53.9 Å². The number of carbonyl (C=O) groups excluding carboxylic acids is 11. The molecule has 0 fully saturated rings. The highest BCUT2D eigenvalue weighted by atomic mass is 16.4. The van der Waals surface area contributed by atoms with E-state index >= 15 is 0 Å². The second kappa shape index (κ2) is 38.9. The van der Waals surface area contributed by atoms with Crippen molar-refractivity contribution in [2.24, 2.45) is 5.73 Å². The van der Waals surface area contributed by atoms with Gasteiger partial charge in [-0.05, 0) is 97.5 Å². The van der Waals surface area contributed by atoms with E-state index in [1.165, 1.54) is 26.4 Å². The third-order valence-corrected chi connectivity index (χ3v) is 16.9. The van der Waals surface area contributed by atoms with Gasteiger partial charge in [-0.1, -0.05) is 134 Å². The van der Waals surface area contributed by atoms with Crippen molar-refractivity contribution in [2.45, 2.75) is 159 Å². The van der Waals surface area contributed by atoms with Gasteiger partial charge in [0.2, 0.25) is 65.0 Å². The number of nitrogens with one attached hydrogen (secondary N) is 11. The van der Waals surface area contributed by atoms with E-state index in [4.69, 9.17) is 5.73 Å². The van der Waals surface area contributed by atoms with Crippen LogP contribution in [0.5, 0.6) is 0 Å². The zero-order valence-corrected chi connectivity index (χ0v) is 58.2. The van der Waals surface area contributed by atoms with Crippen LogP contribution in [-0.2, 0) is 94.4 Å². The number of aliphatic hydroxyl groups excluding tert-OH is 3. The van der Waals surface area contributed by atoms with Crippen molar-refractivity contribution in [1.29, 1.82) is 0 Å². The highest BCUT2D eigenvalue weighted by Gasteiger charge is 2.42. The second-order valence-corrected chi connectivity index (χ2v) is 25.3. The third kappa shape index (κ3) is 24.5. The molecule has 6 aromatic rings. The zero-order valence-electron chi connectivity index (χ0n) is 58.2. The molecule has 11 amide bonds. The first-order valence-corrected chi connectivity index (χ1v) is 33.4. The summed E-state index contributed by atoms with van der Waals surface area (Å²) in [5.74, 6) is -15.2. The average molecular weight is 1440 g/mol. The van der Waals surface area contributed by atoms with Crippen molar-refractivity contribution >= 4 is 76.9 Å². The number of carbonyl (C=O) groups is 13. The maximum atomic E-state index is 14.6. The van der Waals surface area contributed by atoms with Gasteiger partial charge in [-0.2, -0.15) is 0 Å². The van der Waals surface area contributed by atoms with Crippen LogP contribution in [0.15, 0.2) is 140 Å². The minimum Gasteiger partial charge on any atom is -0.481 e. The smallest absolute Gasteiger partial charge is 0.305 e. The first kappa shape index (κ1) is 81.3. The highest BCUT2D eigenvalue weighted by Crippen LogP contribution is 2.26. The number of aryl methyl sites for hydroxylation is 3. The Morgan fingerprint density at radius 3 is 1.59 bits per heavy atom. The number of carboxylic acid groups (broad SMARTS) is 2. The summed E-state index contributed by atoms with van der Waals surface area (Å²) in [5.41, 5.74) is 11.6. The number of primary amides is 1. The molecular weight excluding hydrogens is 1350 g/mol. The van der Waals surface area contributed by atoms with Gasteiger partial charge in [0.05, 0.1) is 44.5 Å². The van der Waals surface area contributed by atoms with E-state index in [1.54, 1.807) is 54.6 Å². The molecule has 0 saturated heterocycles. The molecule has 0 unspecified atom stereocenters. The molecule has 1 aromatic heterocycles. The number of aromatic nitrogens is 2. The number of aliphatic hydroxyl groups is 3. The Hall–Kier alpha value is -11.7. The lowest BCUT2D eigenvalue weighted by molar-refractivity contribution is -0.142. The molecule has 11 atom stereocenters. The van der Waals surface area contributed by atoms with Gasteiger partial charge in [-0.3, -0.25) is 62.3 Å². The predicted octanol–water partition coefficient (Wildman–Crippen LogP) is -0.647. The number of nitrogens with zero attached hydrogens (tertiary/aromatic N) is 1. The van der Waals surface area contributed by atoms with Crippen LogP contribution in [0, 0.1) is 6.92 Å². The standard InChI is InChI=1S/C73H89N13O18/c1-7-47-18-12-14-20-52(47)49-27-23-45(24-28-49)32-54(67(99)79-53(64(74)96)31-44-21-25-48(26-22-44)51-19-13-11-15-40(51)2)81-68(100)56(34-61(94)95)82-69(101)57(38-87)83-70(102)62(42(4)88)85-72(104)73(6,35-46-16-9-8-10-17-46)86-71(103)63(43(5)89)84-59(91)37-76-66(98)55(33-60(92)93)80-65(97)41(3)78-58(90)30-29-50-36-75-39-77-50/h8-28,36,39,41-43,53-57,62-63,87-89H,7,29-35,37-38H2,1-6H3,(H2,74,96)(H,75,77)(H,76,98)(H,78,90)(H,79,99)(H,80,97)(H,81,100)(H,82,101)(H,83,102)(H,84,91)(H,85,104)(H,86,103)(H,92,93)(H,94,95)/t41-,42+,43+,53-,54-,55-,56-,57-,62-,63-,73-/m0/s1. The molecule has 104 heavy (non-hydrogen) atoms. The van der Waals surface area contributed by atoms with Crippen LogP contribution in [0.3, 0.4) is 0 Å². The first-order chi connectivity index (χ1) is 49.4. The number of rotatable bonds is 39. The molecule has 18 N–H and O–H groups in total. The lowest BCUT2D eigenvalue weighted by Gasteiger charge is -2.34. The van der Waals surface area contributed by atoms with E-state index in [-0.39, 0.29) is 32.1 Å². The summed E-state index contributed by atoms with van der Waals surface area (Å²) in [6.45, 7) is 6.39. The number of hydrogen-bond donors (Lipinski definition) is 17. The molecule has 6 rings (SSSR count). The predicted molar refractivity (Wildman–Crippen MR) is 377 cm³/mol. The SMILES string of the molecule is CCc1ccccc1-c1ccc(C[C@H](NC(=O)[C@H](CC(=O)O)NC(=O)[C@H](CO)NC(=O)[C@@H](NC(=O)[C@](C)(Cc2ccccc2)NC(=O)[C@@H](NC(=O)CNC(=O)[C@H](CC(=O)O)NC(=O)[C@H](C)NC(=O)CCc2cnc[nH]2)[C@@H](C)O)[C@@H](C)O)C(=O)N[C@@H](Cc2ccc(-c3ccccc3C)cc2)C(N)=O)cc1. The van der Waals surface area contributed by atoms with E-state index in [0.29, 0.717) is 22.4 Å². The molecule has 0 aliphatic heterocycles. The summed E-state index contributed by atoms with van der Waals surface area (Å²) in [6, 6.07) is 23.7. The normalized spacial score (nSPS) is 14.5. The van der Waals surface area contributed by atoms with Gasteiger partial charge in [-0.15, -0.1) is 0 Å². The van der Waals surface area contributed by atoms with E-state index in [0.717, 1.165) is 53.6 Å². The number of carboxylic acids is 2. The van der Waals surface area contributed by atoms with Crippen molar-refractivity contribution in [3.05, 3.63) is 173 Å².